The Balaban J connectivity index is 1.25. The zero-order chi connectivity index (χ0) is 32.9. The second-order valence-electron chi connectivity index (χ2n) is 13.8. The smallest absolute Gasteiger partial charge is 0.237 e. The molecule has 6 heteroatoms. The molecule has 4 aromatic carbocycles. The Hall–Kier alpha value is -5.23. The van der Waals surface area contributed by atoms with Crippen molar-refractivity contribution in [3.8, 4) is 0 Å². The van der Waals surface area contributed by atoms with Gasteiger partial charge in [0.05, 0.1) is 11.9 Å². The third-order valence-corrected chi connectivity index (χ3v) is 11.4. The van der Waals surface area contributed by atoms with Crippen molar-refractivity contribution < 1.29 is 4.74 Å². The van der Waals surface area contributed by atoms with Crippen molar-refractivity contribution in [2.45, 2.75) is 55.7 Å². The lowest BCUT2D eigenvalue weighted by Crippen LogP contribution is -2.46. The molecule has 1 aliphatic heterocycles. The van der Waals surface area contributed by atoms with E-state index in [1.54, 1.807) is 0 Å². The van der Waals surface area contributed by atoms with Gasteiger partial charge in [-0.25, -0.2) is 9.98 Å². The first kappa shape index (κ1) is 30.1. The summed E-state index contributed by atoms with van der Waals surface area (Å²) in [6.07, 6.45) is 10.3. The third-order valence-electron chi connectivity index (χ3n) is 11.4. The molecule has 0 saturated heterocycles. The van der Waals surface area contributed by atoms with Gasteiger partial charge in [0.1, 0.15) is 17.3 Å². The maximum atomic E-state index is 7.75. The predicted octanol–water partition coefficient (Wildman–Crippen LogP) is 7.96. The zero-order valence-corrected chi connectivity index (χ0v) is 27.5. The summed E-state index contributed by atoms with van der Waals surface area (Å²) in [5.74, 6) is 1.51. The van der Waals surface area contributed by atoms with Gasteiger partial charge in [0.25, 0.3) is 0 Å². The fraction of sp³-hybridized carbons (Fsp3) is 0.262. The van der Waals surface area contributed by atoms with E-state index in [1.807, 2.05) is 6.33 Å². The van der Waals surface area contributed by atoms with Crippen LogP contribution in [-0.2, 0) is 15.7 Å². The van der Waals surface area contributed by atoms with Crippen molar-refractivity contribution in [1.29, 1.82) is 5.41 Å². The minimum atomic E-state index is -0.659. The number of aromatic nitrogens is 2. The van der Waals surface area contributed by atoms with E-state index in [0.717, 1.165) is 34.4 Å². The summed E-state index contributed by atoms with van der Waals surface area (Å²) in [7, 11) is 0. The fourth-order valence-corrected chi connectivity index (χ4v) is 8.59. The number of ether oxygens (including phenoxy) is 1. The van der Waals surface area contributed by atoms with E-state index in [-0.39, 0.29) is 17.1 Å². The molecule has 3 aliphatic rings. The molecule has 2 heterocycles. The Bertz CT molecular complexity index is 1900. The molecule has 8 rings (SSSR count). The molecule has 2 fully saturated rings. The third kappa shape index (κ3) is 4.50. The monoisotopic (exact) mass is 631 g/mol. The lowest BCUT2D eigenvalue weighted by Gasteiger charge is -2.41. The minimum Gasteiger partial charge on any atom is -0.473 e. The highest BCUT2D eigenvalue weighted by molar-refractivity contribution is 6.08. The number of hydrogen-bond donors (Lipinski definition) is 2. The van der Waals surface area contributed by atoms with Crippen LogP contribution in [0.3, 0.4) is 0 Å². The largest absolute Gasteiger partial charge is 0.473 e. The molecule has 240 valence electrons. The molecule has 0 spiro atoms. The summed E-state index contributed by atoms with van der Waals surface area (Å²) in [5, 5.41) is 7.75. The van der Waals surface area contributed by atoms with Gasteiger partial charge in [0.2, 0.25) is 5.90 Å². The van der Waals surface area contributed by atoms with Gasteiger partial charge in [-0.15, -0.1) is 0 Å². The SMILES string of the molecule is CC1OC(c2cn(C(c3ccccc3)(c3ccccc3)c3ccccc3)cn2)=NC2(C(C)(c3ccc(/C(C=N)=C/N)cc3)C3CC3)CC12. The molecule has 5 aromatic rings. The van der Waals surface area contributed by atoms with Gasteiger partial charge < -0.3 is 20.4 Å². The van der Waals surface area contributed by atoms with Crippen LogP contribution >= 0.6 is 0 Å². The predicted molar refractivity (Wildman–Crippen MR) is 192 cm³/mol. The van der Waals surface area contributed by atoms with Crippen molar-refractivity contribution in [3.63, 3.8) is 0 Å². The molecule has 0 amide bonds. The summed E-state index contributed by atoms with van der Waals surface area (Å²) in [4.78, 5) is 10.6. The number of hydrogen-bond acceptors (Lipinski definition) is 5. The van der Waals surface area contributed by atoms with Crippen molar-refractivity contribution in [1.82, 2.24) is 9.55 Å². The van der Waals surface area contributed by atoms with E-state index < -0.39 is 5.54 Å². The number of aliphatic imine (C=N–C) groups is 1. The number of fused-ring (bicyclic) bond motifs is 1. The molecule has 4 atom stereocenters. The molecule has 6 nitrogen and oxygen atoms in total. The topological polar surface area (TPSA) is 89.3 Å². The van der Waals surface area contributed by atoms with Crippen LogP contribution in [0.4, 0.5) is 0 Å². The van der Waals surface area contributed by atoms with Crippen molar-refractivity contribution in [3.05, 3.63) is 167 Å². The molecule has 4 unspecified atom stereocenters. The van der Waals surface area contributed by atoms with E-state index >= 15 is 0 Å². The highest BCUT2D eigenvalue weighted by Crippen LogP contribution is 2.68. The number of benzene rings is 4. The maximum Gasteiger partial charge on any atom is 0.237 e. The number of nitrogens with zero attached hydrogens (tertiary/aromatic N) is 3. The average molecular weight is 632 g/mol. The van der Waals surface area contributed by atoms with Crippen molar-refractivity contribution >= 4 is 17.7 Å². The number of imidazole rings is 1. The first-order chi connectivity index (χ1) is 23.5. The Labute approximate surface area is 282 Å². The number of rotatable bonds is 10. The lowest BCUT2D eigenvalue weighted by atomic mass is 9.68. The van der Waals surface area contributed by atoms with Crippen LogP contribution in [0.15, 0.2) is 139 Å². The van der Waals surface area contributed by atoms with E-state index in [0.29, 0.717) is 23.3 Å². The molecule has 1 aromatic heterocycles. The quantitative estimate of drug-likeness (QED) is 0.121. The molecule has 2 saturated carbocycles. The Kier molecular flexibility index (Phi) is 7.20. The molecular formula is C42H41N5O. The molecule has 3 N–H and O–H groups in total. The van der Waals surface area contributed by atoms with Crippen LogP contribution in [0.25, 0.3) is 5.57 Å². The van der Waals surface area contributed by atoms with Gasteiger partial charge in [0, 0.05) is 35.5 Å². The van der Waals surface area contributed by atoms with Gasteiger partial charge >= 0.3 is 0 Å². The number of nitrogens with two attached hydrogens (primary N) is 1. The average Bonchev–Trinajstić information content (AvgIpc) is 4.07. The second kappa shape index (κ2) is 11.5. The minimum absolute atomic E-state index is 0.0202. The summed E-state index contributed by atoms with van der Waals surface area (Å²) in [5.41, 5.74) is 11.9. The summed E-state index contributed by atoms with van der Waals surface area (Å²) >= 11 is 0. The van der Waals surface area contributed by atoms with Crippen molar-refractivity contribution in [2.75, 3.05) is 0 Å². The molecule has 0 radical (unpaired) electrons. The summed E-state index contributed by atoms with van der Waals surface area (Å²) in [6, 6.07) is 40.6. The Morgan fingerprint density at radius 1 is 0.854 bits per heavy atom. The van der Waals surface area contributed by atoms with Crippen LogP contribution in [0.2, 0.25) is 0 Å². The highest BCUT2D eigenvalue weighted by atomic mass is 16.5. The standard InChI is InChI=1S/C42H41N5O/c1-29-37-24-41(37,40(2,33-22-23-33)32-20-18-30(19-21-32)31(25-43)26-44)46-39(48-29)38-27-47(28-45-38)42(34-12-6-3-7-13-34,35-14-8-4-9-15-35)36-16-10-5-11-17-36/h3-21,25-29,33,37,43H,22-24,44H2,1-2H3/b31-26+,43-25?. The van der Waals surface area contributed by atoms with E-state index in [4.69, 9.17) is 25.9 Å². The Morgan fingerprint density at radius 2 is 1.42 bits per heavy atom. The van der Waals surface area contributed by atoms with Gasteiger partial charge in [-0.05, 0) is 59.9 Å². The van der Waals surface area contributed by atoms with Crippen LogP contribution in [0.1, 0.15) is 66.6 Å². The lowest BCUT2D eigenvalue weighted by molar-refractivity contribution is 0.131. The maximum absolute atomic E-state index is 7.75. The van der Waals surface area contributed by atoms with Crippen LogP contribution in [0, 0.1) is 17.2 Å². The first-order valence-corrected chi connectivity index (χ1v) is 17.0. The molecular weight excluding hydrogens is 590 g/mol. The summed E-state index contributed by atoms with van der Waals surface area (Å²) < 4.78 is 8.86. The number of nitrogens with one attached hydrogen (secondary N) is 1. The molecule has 0 bridgehead atoms. The first-order valence-electron chi connectivity index (χ1n) is 17.0. The van der Waals surface area contributed by atoms with Crippen LogP contribution in [0.5, 0.6) is 0 Å². The second-order valence-corrected chi connectivity index (χ2v) is 13.8. The summed E-state index contributed by atoms with van der Waals surface area (Å²) in [6.45, 7) is 4.61. The van der Waals surface area contributed by atoms with E-state index in [9.17, 15) is 0 Å². The van der Waals surface area contributed by atoms with Crippen molar-refractivity contribution in [2.24, 2.45) is 22.6 Å². The zero-order valence-electron chi connectivity index (χ0n) is 27.5. The normalized spacial score (nSPS) is 23.3. The number of allylic oxidation sites excluding steroid dienone is 1. The molecule has 48 heavy (non-hydrogen) atoms. The van der Waals surface area contributed by atoms with Gasteiger partial charge in [-0.3, -0.25) is 0 Å². The van der Waals surface area contributed by atoms with Gasteiger partial charge in [0.15, 0.2) is 0 Å². The van der Waals surface area contributed by atoms with Gasteiger partial charge in [-0.1, -0.05) is 122 Å². The Morgan fingerprint density at radius 3 is 1.92 bits per heavy atom. The fourth-order valence-electron chi connectivity index (χ4n) is 8.59. The van der Waals surface area contributed by atoms with Crippen LogP contribution < -0.4 is 5.73 Å². The van der Waals surface area contributed by atoms with E-state index in [2.05, 4.69) is 140 Å². The molecule has 2 aliphatic carbocycles. The van der Waals surface area contributed by atoms with Crippen LogP contribution in [-0.4, -0.2) is 33.3 Å². The van der Waals surface area contributed by atoms with E-state index in [1.165, 1.54) is 30.8 Å². The highest BCUT2D eigenvalue weighted by Gasteiger charge is 2.72. The van der Waals surface area contributed by atoms with Gasteiger partial charge in [-0.2, -0.15) is 0 Å².